The maximum atomic E-state index is 6.18. The van der Waals surface area contributed by atoms with Gasteiger partial charge in [0.05, 0.1) is 0 Å². The van der Waals surface area contributed by atoms with Crippen molar-refractivity contribution in [3.8, 4) is 0 Å². The largest absolute Gasteiger partial charge is 0.298 e. The third-order valence-electron chi connectivity index (χ3n) is 3.96. The van der Waals surface area contributed by atoms with Crippen LogP contribution in [0, 0.1) is 5.92 Å². The van der Waals surface area contributed by atoms with Crippen LogP contribution in [0.2, 0.25) is 5.28 Å². The molecular weight excluding hydrogens is 234 g/mol. The summed E-state index contributed by atoms with van der Waals surface area (Å²) in [4.78, 5) is 0. The van der Waals surface area contributed by atoms with Crippen LogP contribution in [-0.4, -0.2) is 14.8 Å². The average Bonchev–Trinajstić information content (AvgIpc) is 2.71. The molecule has 1 aromatic heterocycles. The molecule has 0 amide bonds. The Kier molecular flexibility index (Phi) is 4.08. The van der Waals surface area contributed by atoms with Crippen LogP contribution in [0.25, 0.3) is 0 Å². The standard InChI is InChI=1S/C13H22ClN3/c1-4-10-5-7-11(8-6-10)17-12(9(2)3)15-16-13(17)14/h9-11H,4-8H2,1-3H3. The Labute approximate surface area is 109 Å². The summed E-state index contributed by atoms with van der Waals surface area (Å²) in [5, 5.41) is 8.80. The van der Waals surface area contributed by atoms with Gasteiger partial charge < -0.3 is 0 Å². The summed E-state index contributed by atoms with van der Waals surface area (Å²) in [7, 11) is 0. The molecular formula is C13H22ClN3. The van der Waals surface area contributed by atoms with Crippen LogP contribution in [0.4, 0.5) is 0 Å². The molecule has 1 fully saturated rings. The number of hydrogen-bond donors (Lipinski definition) is 0. The molecule has 1 aliphatic carbocycles. The maximum absolute atomic E-state index is 6.18. The van der Waals surface area contributed by atoms with E-state index >= 15 is 0 Å². The minimum Gasteiger partial charge on any atom is -0.298 e. The second-order valence-electron chi connectivity index (χ2n) is 5.43. The van der Waals surface area contributed by atoms with Crippen molar-refractivity contribution >= 4 is 11.6 Å². The molecule has 1 aromatic rings. The molecule has 3 nitrogen and oxygen atoms in total. The summed E-state index contributed by atoms with van der Waals surface area (Å²) in [5.74, 6) is 2.33. The first-order valence-electron chi connectivity index (χ1n) is 6.73. The molecule has 1 heterocycles. The van der Waals surface area contributed by atoms with Crippen LogP contribution in [-0.2, 0) is 0 Å². The Hall–Kier alpha value is -0.570. The van der Waals surface area contributed by atoms with Crippen LogP contribution in [0.3, 0.4) is 0 Å². The molecule has 0 saturated heterocycles. The van der Waals surface area contributed by atoms with Gasteiger partial charge in [-0.3, -0.25) is 4.57 Å². The monoisotopic (exact) mass is 255 g/mol. The van der Waals surface area contributed by atoms with E-state index in [0.717, 1.165) is 11.7 Å². The van der Waals surface area contributed by atoms with E-state index in [4.69, 9.17) is 11.6 Å². The van der Waals surface area contributed by atoms with E-state index in [2.05, 4.69) is 35.5 Å². The predicted molar refractivity (Wildman–Crippen MR) is 70.4 cm³/mol. The van der Waals surface area contributed by atoms with Gasteiger partial charge in [0.2, 0.25) is 5.28 Å². The molecule has 0 radical (unpaired) electrons. The third-order valence-corrected chi connectivity index (χ3v) is 4.21. The Balaban J connectivity index is 2.15. The van der Waals surface area contributed by atoms with Gasteiger partial charge in [-0.15, -0.1) is 10.2 Å². The molecule has 17 heavy (non-hydrogen) atoms. The van der Waals surface area contributed by atoms with E-state index < -0.39 is 0 Å². The second-order valence-corrected chi connectivity index (χ2v) is 5.77. The van der Waals surface area contributed by atoms with Gasteiger partial charge in [0.25, 0.3) is 0 Å². The number of halogens is 1. The van der Waals surface area contributed by atoms with E-state index in [1.807, 2.05) is 0 Å². The summed E-state index contributed by atoms with van der Waals surface area (Å²) < 4.78 is 2.16. The Morgan fingerprint density at radius 1 is 1.24 bits per heavy atom. The number of rotatable bonds is 3. The van der Waals surface area contributed by atoms with Crippen molar-refractivity contribution in [3.05, 3.63) is 11.1 Å². The average molecular weight is 256 g/mol. The number of hydrogen-bond acceptors (Lipinski definition) is 2. The zero-order valence-electron chi connectivity index (χ0n) is 11.0. The quantitative estimate of drug-likeness (QED) is 0.811. The van der Waals surface area contributed by atoms with E-state index in [1.165, 1.54) is 32.1 Å². The first-order valence-corrected chi connectivity index (χ1v) is 7.11. The zero-order valence-corrected chi connectivity index (χ0v) is 11.7. The van der Waals surface area contributed by atoms with Gasteiger partial charge in [-0.25, -0.2) is 0 Å². The summed E-state index contributed by atoms with van der Waals surface area (Å²) in [6, 6.07) is 0.512. The van der Waals surface area contributed by atoms with Gasteiger partial charge in [-0.2, -0.15) is 0 Å². The van der Waals surface area contributed by atoms with Crippen LogP contribution >= 0.6 is 11.6 Å². The molecule has 0 aliphatic heterocycles. The highest BCUT2D eigenvalue weighted by atomic mass is 35.5. The van der Waals surface area contributed by atoms with E-state index in [9.17, 15) is 0 Å². The highest BCUT2D eigenvalue weighted by Crippen LogP contribution is 2.36. The van der Waals surface area contributed by atoms with Crippen molar-refractivity contribution in [2.24, 2.45) is 5.92 Å². The molecule has 96 valence electrons. The summed E-state index contributed by atoms with van der Waals surface area (Å²) in [6.07, 6.45) is 6.37. The zero-order chi connectivity index (χ0) is 12.4. The second kappa shape index (κ2) is 5.38. The topological polar surface area (TPSA) is 30.7 Å². The Morgan fingerprint density at radius 3 is 2.41 bits per heavy atom. The van der Waals surface area contributed by atoms with Gasteiger partial charge in [-0.05, 0) is 43.2 Å². The summed E-state index contributed by atoms with van der Waals surface area (Å²) >= 11 is 6.18. The van der Waals surface area contributed by atoms with Gasteiger partial charge in [0.1, 0.15) is 5.82 Å². The van der Waals surface area contributed by atoms with Crippen molar-refractivity contribution in [1.82, 2.24) is 14.8 Å². The third kappa shape index (κ3) is 2.65. The lowest BCUT2D eigenvalue weighted by Gasteiger charge is -2.30. The first kappa shape index (κ1) is 12.9. The van der Waals surface area contributed by atoms with Crippen molar-refractivity contribution in [1.29, 1.82) is 0 Å². The lowest BCUT2D eigenvalue weighted by molar-refractivity contribution is 0.264. The minimum absolute atomic E-state index is 0.388. The lowest BCUT2D eigenvalue weighted by Crippen LogP contribution is -2.20. The molecule has 0 atom stereocenters. The number of aromatic nitrogens is 3. The smallest absolute Gasteiger partial charge is 0.225 e. The van der Waals surface area contributed by atoms with Crippen molar-refractivity contribution in [3.63, 3.8) is 0 Å². The fraction of sp³-hybridized carbons (Fsp3) is 0.846. The SMILES string of the molecule is CCC1CCC(n2c(Cl)nnc2C(C)C)CC1. The molecule has 1 aliphatic rings. The van der Waals surface area contributed by atoms with Crippen LogP contribution in [0.15, 0.2) is 0 Å². The molecule has 0 N–H and O–H groups in total. The molecule has 0 bridgehead atoms. The molecule has 0 unspecified atom stereocenters. The fourth-order valence-corrected chi connectivity index (χ4v) is 3.09. The Bertz CT molecular complexity index is 365. The van der Waals surface area contributed by atoms with Gasteiger partial charge in [-0.1, -0.05) is 27.2 Å². The van der Waals surface area contributed by atoms with E-state index in [1.54, 1.807) is 0 Å². The van der Waals surface area contributed by atoms with Gasteiger partial charge in [0.15, 0.2) is 0 Å². The molecule has 4 heteroatoms. The normalized spacial score (nSPS) is 25.5. The lowest BCUT2D eigenvalue weighted by atomic mass is 9.84. The minimum atomic E-state index is 0.388. The molecule has 1 saturated carbocycles. The van der Waals surface area contributed by atoms with Crippen molar-refractivity contribution in [2.75, 3.05) is 0 Å². The van der Waals surface area contributed by atoms with Crippen LogP contribution in [0.5, 0.6) is 0 Å². The first-order chi connectivity index (χ1) is 8.13. The highest BCUT2D eigenvalue weighted by Gasteiger charge is 2.26. The van der Waals surface area contributed by atoms with Crippen LogP contribution < -0.4 is 0 Å². The molecule has 2 rings (SSSR count). The van der Waals surface area contributed by atoms with E-state index in [0.29, 0.717) is 17.2 Å². The summed E-state index contributed by atoms with van der Waals surface area (Å²) in [6.45, 7) is 6.58. The van der Waals surface area contributed by atoms with Crippen molar-refractivity contribution < 1.29 is 0 Å². The Morgan fingerprint density at radius 2 is 1.88 bits per heavy atom. The summed E-state index contributed by atoms with van der Waals surface area (Å²) in [5.41, 5.74) is 0. The molecule has 0 aromatic carbocycles. The maximum Gasteiger partial charge on any atom is 0.225 e. The van der Waals surface area contributed by atoms with Gasteiger partial charge >= 0.3 is 0 Å². The predicted octanol–water partition coefficient (Wildman–Crippen LogP) is 4.20. The van der Waals surface area contributed by atoms with Gasteiger partial charge in [0, 0.05) is 12.0 Å². The fourth-order valence-electron chi connectivity index (χ4n) is 2.83. The van der Waals surface area contributed by atoms with Crippen molar-refractivity contribution in [2.45, 2.75) is 64.8 Å². The number of nitrogens with zero attached hydrogens (tertiary/aromatic N) is 3. The highest BCUT2D eigenvalue weighted by molar-refractivity contribution is 6.28. The van der Waals surface area contributed by atoms with Crippen LogP contribution in [0.1, 0.15) is 70.7 Å². The molecule has 0 spiro atoms. The van der Waals surface area contributed by atoms with E-state index in [-0.39, 0.29) is 0 Å².